The maximum Gasteiger partial charge on any atom is 0.213 e. The highest BCUT2D eigenvalue weighted by molar-refractivity contribution is 5.77. The van der Waals surface area contributed by atoms with Crippen molar-refractivity contribution in [1.82, 2.24) is 4.90 Å². The van der Waals surface area contributed by atoms with Crippen LogP contribution in [0.15, 0.2) is 5.10 Å². The fourth-order valence-corrected chi connectivity index (χ4v) is 2.25. The molecule has 0 amide bonds. The SMILES string of the molecule is CCC1(CC)CCN(C(N)=NN)CC1. The van der Waals surface area contributed by atoms with Crippen molar-refractivity contribution in [2.75, 3.05) is 13.1 Å². The number of guanidine groups is 1. The van der Waals surface area contributed by atoms with Crippen LogP contribution in [0.5, 0.6) is 0 Å². The van der Waals surface area contributed by atoms with Gasteiger partial charge in [-0.25, -0.2) is 0 Å². The molecule has 1 saturated heterocycles. The lowest BCUT2D eigenvalue weighted by atomic mass is 9.74. The van der Waals surface area contributed by atoms with Gasteiger partial charge in [-0.15, -0.1) is 5.10 Å². The third kappa shape index (κ3) is 2.11. The van der Waals surface area contributed by atoms with Crippen LogP contribution in [0.3, 0.4) is 0 Å². The van der Waals surface area contributed by atoms with Crippen molar-refractivity contribution in [2.24, 2.45) is 22.1 Å². The molecule has 0 spiro atoms. The number of likely N-dealkylation sites (tertiary alicyclic amines) is 1. The Kier molecular flexibility index (Phi) is 3.61. The molecule has 4 heteroatoms. The van der Waals surface area contributed by atoms with Gasteiger partial charge in [0.2, 0.25) is 5.96 Å². The summed E-state index contributed by atoms with van der Waals surface area (Å²) in [6.07, 6.45) is 4.93. The van der Waals surface area contributed by atoms with Crippen LogP contribution < -0.4 is 11.6 Å². The Balaban J connectivity index is 2.53. The highest BCUT2D eigenvalue weighted by Gasteiger charge is 2.31. The first-order chi connectivity index (χ1) is 6.67. The maximum absolute atomic E-state index is 5.67. The van der Waals surface area contributed by atoms with Gasteiger partial charge in [-0.2, -0.15) is 0 Å². The summed E-state index contributed by atoms with van der Waals surface area (Å²) < 4.78 is 0. The highest BCUT2D eigenvalue weighted by Crippen LogP contribution is 2.37. The summed E-state index contributed by atoms with van der Waals surface area (Å²) in [5.74, 6) is 5.63. The van der Waals surface area contributed by atoms with Crippen LogP contribution in [0.25, 0.3) is 0 Å². The van der Waals surface area contributed by atoms with E-state index < -0.39 is 0 Å². The second-order valence-electron chi connectivity index (χ2n) is 4.18. The van der Waals surface area contributed by atoms with Gasteiger partial charge >= 0.3 is 0 Å². The first-order valence-corrected chi connectivity index (χ1v) is 5.45. The topological polar surface area (TPSA) is 67.6 Å². The van der Waals surface area contributed by atoms with Crippen LogP contribution in [-0.2, 0) is 0 Å². The van der Waals surface area contributed by atoms with E-state index in [1.165, 1.54) is 25.7 Å². The molecule has 1 aliphatic heterocycles. The zero-order valence-corrected chi connectivity index (χ0v) is 9.29. The molecular weight excluding hydrogens is 176 g/mol. The Morgan fingerprint density at radius 1 is 1.29 bits per heavy atom. The first kappa shape index (κ1) is 11.1. The van der Waals surface area contributed by atoms with Crippen LogP contribution in [-0.4, -0.2) is 23.9 Å². The van der Waals surface area contributed by atoms with Crippen LogP contribution >= 0.6 is 0 Å². The average Bonchev–Trinajstić information content (AvgIpc) is 2.28. The van der Waals surface area contributed by atoms with Crippen LogP contribution in [0.4, 0.5) is 0 Å². The summed E-state index contributed by atoms with van der Waals surface area (Å²) in [5.41, 5.74) is 6.20. The molecule has 14 heavy (non-hydrogen) atoms. The standard InChI is InChI=1S/C10H22N4/c1-3-10(4-2)5-7-14(8-6-10)9(11)13-12/h3-8,12H2,1-2H3,(H2,11,13). The molecule has 0 aromatic carbocycles. The molecule has 1 aliphatic rings. The minimum Gasteiger partial charge on any atom is -0.368 e. The predicted molar refractivity (Wildman–Crippen MR) is 59.6 cm³/mol. The molecule has 82 valence electrons. The Labute approximate surface area is 86.3 Å². The minimum absolute atomic E-state index is 0.478. The van der Waals surface area contributed by atoms with Crippen molar-refractivity contribution in [3.63, 3.8) is 0 Å². The number of nitrogens with zero attached hydrogens (tertiary/aromatic N) is 2. The van der Waals surface area contributed by atoms with Crippen LogP contribution in [0.2, 0.25) is 0 Å². The van der Waals surface area contributed by atoms with Crippen molar-refractivity contribution < 1.29 is 0 Å². The highest BCUT2D eigenvalue weighted by atomic mass is 15.3. The van der Waals surface area contributed by atoms with E-state index in [0.717, 1.165) is 13.1 Å². The van der Waals surface area contributed by atoms with Crippen molar-refractivity contribution in [3.8, 4) is 0 Å². The van der Waals surface area contributed by atoms with E-state index in [0.29, 0.717) is 11.4 Å². The van der Waals surface area contributed by atoms with Gasteiger partial charge in [0.25, 0.3) is 0 Å². The molecule has 1 heterocycles. The lowest BCUT2D eigenvalue weighted by Crippen LogP contribution is -2.46. The number of rotatable bonds is 2. The molecule has 1 fully saturated rings. The second kappa shape index (κ2) is 4.53. The summed E-state index contributed by atoms with van der Waals surface area (Å²) >= 11 is 0. The summed E-state index contributed by atoms with van der Waals surface area (Å²) in [6, 6.07) is 0. The third-order valence-corrected chi connectivity index (χ3v) is 3.78. The molecule has 4 N–H and O–H groups in total. The lowest BCUT2D eigenvalue weighted by Gasteiger charge is -2.41. The van der Waals surface area contributed by atoms with Gasteiger partial charge in [0, 0.05) is 13.1 Å². The van der Waals surface area contributed by atoms with Gasteiger partial charge < -0.3 is 16.5 Å². The van der Waals surface area contributed by atoms with E-state index in [-0.39, 0.29) is 0 Å². The van der Waals surface area contributed by atoms with Gasteiger partial charge in [-0.1, -0.05) is 26.7 Å². The van der Waals surface area contributed by atoms with Crippen molar-refractivity contribution in [3.05, 3.63) is 0 Å². The van der Waals surface area contributed by atoms with Gasteiger partial charge in [-0.05, 0) is 18.3 Å². The number of nitrogens with two attached hydrogens (primary N) is 2. The second-order valence-corrected chi connectivity index (χ2v) is 4.18. The predicted octanol–water partition coefficient (Wildman–Crippen LogP) is 1.08. The Morgan fingerprint density at radius 3 is 2.14 bits per heavy atom. The summed E-state index contributed by atoms with van der Waals surface area (Å²) in [6.45, 7) is 6.54. The smallest absolute Gasteiger partial charge is 0.213 e. The van der Waals surface area contributed by atoms with Crippen molar-refractivity contribution in [2.45, 2.75) is 39.5 Å². The van der Waals surface area contributed by atoms with E-state index >= 15 is 0 Å². The number of piperidine rings is 1. The quantitative estimate of drug-likeness (QED) is 0.302. The molecule has 0 aromatic heterocycles. The molecule has 0 unspecified atom stereocenters. The fourth-order valence-electron chi connectivity index (χ4n) is 2.25. The van der Waals surface area contributed by atoms with E-state index in [4.69, 9.17) is 11.6 Å². The number of hydrazone groups is 1. The molecule has 1 rings (SSSR count). The molecule has 0 atom stereocenters. The zero-order chi connectivity index (χ0) is 10.6. The third-order valence-electron chi connectivity index (χ3n) is 3.78. The molecule has 0 aliphatic carbocycles. The maximum atomic E-state index is 5.67. The van der Waals surface area contributed by atoms with E-state index in [9.17, 15) is 0 Å². The Hall–Kier alpha value is -0.930. The molecular formula is C10H22N4. The molecule has 4 nitrogen and oxygen atoms in total. The largest absolute Gasteiger partial charge is 0.368 e. The van der Waals surface area contributed by atoms with Gasteiger partial charge in [0.05, 0.1) is 0 Å². The average molecular weight is 198 g/mol. The molecule has 0 aromatic rings. The van der Waals surface area contributed by atoms with Crippen molar-refractivity contribution >= 4 is 5.96 Å². The van der Waals surface area contributed by atoms with E-state index in [1.54, 1.807) is 0 Å². The van der Waals surface area contributed by atoms with Gasteiger partial charge in [-0.3, -0.25) is 0 Å². The Bertz CT molecular complexity index is 198. The normalized spacial score (nSPS) is 22.4. The number of hydrogen-bond acceptors (Lipinski definition) is 2. The van der Waals surface area contributed by atoms with Crippen LogP contribution in [0, 0.1) is 5.41 Å². The fraction of sp³-hybridized carbons (Fsp3) is 0.900. The lowest BCUT2D eigenvalue weighted by molar-refractivity contribution is 0.135. The number of hydrogen-bond donors (Lipinski definition) is 2. The molecule has 0 bridgehead atoms. The minimum atomic E-state index is 0.478. The summed E-state index contributed by atoms with van der Waals surface area (Å²) in [4.78, 5) is 2.07. The van der Waals surface area contributed by atoms with Crippen molar-refractivity contribution in [1.29, 1.82) is 0 Å². The molecule has 0 radical (unpaired) electrons. The Morgan fingerprint density at radius 2 is 1.79 bits per heavy atom. The van der Waals surface area contributed by atoms with Gasteiger partial charge in [0.1, 0.15) is 0 Å². The molecule has 0 saturated carbocycles. The zero-order valence-electron chi connectivity index (χ0n) is 9.29. The van der Waals surface area contributed by atoms with E-state index in [1.807, 2.05) is 0 Å². The monoisotopic (exact) mass is 198 g/mol. The summed E-state index contributed by atoms with van der Waals surface area (Å²) in [7, 11) is 0. The summed E-state index contributed by atoms with van der Waals surface area (Å²) in [5, 5.41) is 3.53. The van der Waals surface area contributed by atoms with Gasteiger partial charge in [0.15, 0.2) is 0 Å². The van der Waals surface area contributed by atoms with Crippen LogP contribution in [0.1, 0.15) is 39.5 Å². The first-order valence-electron chi connectivity index (χ1n) is 5.45. The van der Waals surface area contributed by atoms with E-state index in [2.05, 4.69) is 23.8 Å².